The monoisotopic (exact) mass is 358 g/mol. The third kappa shape index (κ3) is 3.10. The molecule has 0 fully saturated rings. The number of carbonyl (C=O) groups is 1. The van der Waals surface area contributed by atoms with Crippen molar-refractivity contribution in [2.24, 2.45) is 0 Å². The zero-order valence-electron chi connectivity index (χ0n) is 10.5. The largest absolute Gasteiger partial charge is 0.478 e. The van der Waals surface area contributed by atoms with Gasteiger partial charge in [-0.3, -0.25) is 0 Å². The van der Waals surface area contributed by atoms with Gasteiger partial charge in [-0.2, -0.15) is 0 Å². The molecule has 0 atom stereocenters. The average molecular weight is 359 g/mol. The van der Waals surface area contributed by atoms with Crippen LogP contribution in [0, 0.1) is 6.92 Å². The molecule has 0 aliphatic carbocycles. The number of carboxylic acid groups (broad SMARTS) is 1. The van der Waals surface area contributed by atoms with Crippen molar-refractivity contribution < 1.29 is 22.7 Å². The normalized spacial score (nSPS) is 11.5. The summed E-state index contributed by atoms with van der Waals surface area (Å²) in [5.41, 5.74) is -0.0237. The molecule has 0 saturated carbocycles. The maximum atomic E-state index is 12.2. The maximum absolute atomic E-state index is 12.2. The predicted molar refractivity (Wildman–Crippen MR) is 75.4 cm³/mol. The third-order valence-corrected chi connectivity index (χ3v) is 4.82. The summed E-state index contributed by atoms with van der Waals surface area (Å²) in [6.07, 6.45) is 0. The van der Waals surface area contributed by atoms with Crippen LogP contribution in [0.4, 0.5) is 0 Å². The number of halogens is 1. The van der Waals surface area contributed by atoms with Crippen LogP contribution in [0.5, 0.6) is 0 Å². The zero-order valence-corrected chi connectivity index (χ0v) is 12.9. The first-order valence-electron chi connectivity index (χ1n) is 5.60. The van der Waals surface area contributed by atoms with Gasteiger partial charge < -0.3 is 9.52 Å². The summed E-state index contributed by atoms with van der Waals surface area (Å²) in [5.74, 6) is -1.22. The Morgan fingerprint density at radius 1 is 1.35 bits per heavy atom. The Labute approximate surface area is 124 Å². The smallest absolute Gasteiger partial charge is 0.339 e. The lowest BCUT2D eigenvalue weighted by molar-refractivity contribution is 0.0695. The first-order chi connectivity index (χ1) is 9.29. The van der Waals surface area contributed by atoms with E-state index in [-0.39, 0.29) is 27.7 Å². The minimum Gasteiger partial charge on any atom is -0.478 e. The second-order valence-corrected chi connectivity index (χ2v) is 7.11. The number of aromatic carboxylic acids is 1. The van der Waals surface area contributed by atoms with Gasteiger partial charge in [-0.25, -0.2) is 13.2 Å². The van der Waals surface area contributed by atoms with E-state index in [1.807, 2.05) is 0 Å². The van der Waals surface area contributed by atoms with Crippen LogP contribution in [0.25, 0.3) is 0 Å². The summed E-state index contributed by atoms with van der Waals surface area (Å²) in [5, 5.41) is 8.92. The molecule has 0 amide bonds. The van der Waals surface area contributed by atoms with Crippen molar-refractivity contribution in [2.75, 3.05) is 0 Å². The van der Waals surface area contributed by atoms with Crippen molar-refractivity contribution in [3.63, 3.8) is 0 Å². The molecular weight excluding hydrogens is 348 g/mol. The Hall–Kier alpha value is -1.60. The molecule has 1 aromatic carbocycles. The van der Waals surface area contributed by atoms with E-state index in [1.165, 1.54) is 25.1 Å². The van der Waals surface area contributed by atoms with Crippen LogP contribution < -0.4 is 0 Å². The van der Waals surface area contributed by atoms with Crippen LogP contribution in [0.15, 0.2) is 44.1 Å². The summed E-state index contributed by atoms with van der Waals surface area (Å²) in [7, 11) is -3.58. The number of rotatable bonds is 4. The van der Waals surface area contributed by atoms with Crippen molar-refractivity contribution in [3.8, 4) is 0 Å². The molecule has 20 heavy (non-hydrogen) atoms. The lowest BCUT2D eigenvalue weighted by Crippen LogP contribution is -2.04. The first kappa shape index (κ1) is 14.8. The van der Waals surface area contributed by atoms with Crippen molar-refractivity contribution >= 4 is 31.7 Å². The van der Waals surface area contributed by atoms with Gasteiger partial charge in [0.15, 0.2) is 9.84 Å². The van der Waals surface area contributed by atoms with Crippen LogP contribution in [0.1, 0.15) is 21.9 Å². The van der Waals surface area contributed by atoms with Crippen LogP contribution in [-0.4, -0.2) is 19.5 Å². The Morgan fingerprint density at radius 3 is 2.60 bits per heavy atom. The predicted octanol–water partition coefficient (Wildman–Crippen LogP) is 3.02. The first-order valence-corrected chi connectivity index (χ1v) is 8.05. The van der Waals surface area contributed by atoms with Crippen LogP contribution in [0.3, 0.4) is 0 Å². The van der Waals surface area contributed by atoms with E-state index in [4.69, 9.17) is 9.52 Å². The Morgan fingerprint density at radius 2 is 2.05 bits per heavy atom. The van der Waals surface area contributed by atoms with Gasteiger partial charge in [0.2, 0.25) is 0 Å². The minimum absolute atomic E-state index is 0.0237. The Bertz CT molecular complexity index is 761. The van der Waals surface area contributed by atoms with E-state index >= 15 is 0 Å². The average Bonchev–Trinajstić information content (AvgIpc) is 2.69. The highest BCUT2D eigenvalue weighted by atomic mass is 79.9. The van der Waals surface area contributed by atoms with Gasteiger partial charge >= 0.3 is 5.97 Å². The number of benzene rings is 1. The molecule has 2 rings (SSSR count). The molecular formula is C13H11BrO5S. The second kappa shape index (κ2) is 5.41. The molecule has 7 heteroatoms. The molecule has 0 saturated heterocycles. The molecule has 0 bridgehead atoms. The molecule has 5 nitrogen and oxygen atoms in total. The molecule has 1 N–H and O–H groups in total. The third-order valence-electron chi connectivity index (χ3n) is 2.69. The fraction of sp³-hybridized carbons (Fsp3) is 0.154. The molecule has 0 spiro atoms. The van der Waals surface area contributed by atoms with Crippen molar-refractivity contribution in [1.82, 2.24) is 0 Å². The fourth-order valence-corrected chi connectivity index (χ4v) is 3.58. The standard InChI is InChI=1S/C13H11BrO5S/c1-8-12(13(15)16)6-10(19-8)7-20(17,18)11-4-2-3-9(14)5-11/h2-6H,7H2,1H3,(H,15,16). The highest BCUT2D eigenvalue weighted by Crippen LogP contribution is 2.23. The molecule has 0 unspecified atom stereocenters. The van der Waals surface area contributed by atoms with Gasteiger partial charge in [0.1, 0.15) is 22.8 Å². The van der Waals surface area contributed by atoms with Gasteiger partial charge in [0.25, 0.3) is 0 Å². The molecule has 0 radical (unpaired) electrons. The van der Waals surface area contributed by atoms with Crippen molar-refractivity contribution in [3.05, 3.63) is 51.9 Å². The van der Waals surface area contributed by atoms with Gasteiger partial charge in [-0.05, 0) is 31.2 Å². The molecule has 1 heterocycles. The summed E-state index contributed by atoms with van der Waals surface area (Å²) < 4.78 is 30.3. The quantitative estimate of drug-likeness (QED) is 0.907. The van der Waals surface area contributed by atoms with E-state index in [1.54, 1.807) is 12.1 Å². The van der Waals surface area contributed by atoms with E-state index in [9.17, 15) is 13.2 Å². The molecule has 0 aliphatic rings. The molecule has 106 valence electrons. The second-order valence-electron chi connectivity index (χ2n) is 4.20. The lowest BCUT2D eigenvalue weighted by atomic mass is 10.2. The number of hydrogen-bond donors (Lipinski definition) is 1. The summed E-state index contributed by atoms with van der Waals surface area (Å²) >= 11 is 3.21. The van der Waals surface area contributed by atoms with Gasteiger partial charge in [0, 0.05) is 4.47 Å². The Balaban J connectivity index is 2.34. The topological polar surface area (TPSA) is 84.6 Å². The van der Waals surface area contributed by atoms with Crippen molar-refractivity contribution in [1.29, 1.82) is 0 Å². The van der Waals surface area contributed by atoms with Crippen molar-refractivity contribution in [2.45, 2.75) is 17.6 Å². The number of hydrogen-bond acceptors (Lipinski definition) is 4. The van der Waals surface area contributed by atoms with E-state index in [2.05, 4.69) is 15.9 Å². The zero-order chi connectivity index (χ0) is 14.9. The van der Waals surface area contributed by atoms with E-state index < -0.39 is 15.8 Å². The lowest BCUT2D eigenvalue weighted by Gasteiger charge is -2.02. The fourth-order valence-electron chi connectivity index (χ4n) is 1.76. The van der Waals surface area contributed by atoms with Crippen LogP contribution in [0.2, 0.25) is 0 Å². The summed E-state index contributed by atoms with van der Waals surface area (Å²) in [4.78, 5) is 11.1. The molecule has 1 aromatic heterocycles. The SMILES string of the molecule is Cc1oc(CS(=O)(=O)c2cccc(Br)c2)cc1C(=O)O. The van der Waals surface area contributed by atoms with E-state index in [0.717, 1.165) is 0 Å². The van der Waals surface area contributed by atoms with E-state index in [0.29, 0.717) is 4.47 Å². The van der Waals surface area contributed by atoms with Gasteiger partial charge in [-0.15, -0.1) is 0 Å². The summed E-state index contributed by atoms with van der Waals surface area (Å²) in [6.45, 7) is 1.48. The van der Waals surface area contributed by atoms with Crippen LogP contribution >= 0.6 is 15.9 Å². The Kier molecular flexibility index (Phi) is 4.01. The molecule has 0 aliphatic heterocycles. The maximum Gasteiger partial charge on any atom is 0.339 e. The van der Waals surface area contributed by atoms with Gasteiger partial charge in [-0.1, -0.05) is 22.0 Å². The highest BCUT2D eigenvalue weighted by molar-refractivity contribution is 9.10. The highest BCUT2D eigenvalue weighted by Gasteiger charge is 2.21. The number of aryl methyl sites for hydroxylation is 1. The van der Waals surface area contributed by atoms with Crippen LogP contribution in [-0.2, 0) is 15.6 Å². The number of sulfone groups is 1. The number of furan rings is 1. The molecule has 2 aromatic rings. The number of carboxylic acids is 1. The minimum atomic E-state index is -3.58. The summed E-state index contributed by atoms with van der Waals surface area (Å²) in [6, 6.07) is 7.55. The van der Waals surface area contributed by atoms with Gasteiger partial charge in [0.05, 0.1) is 4.90 Å².